The van der Waals surface area contributed by atoms with Gasteiger partial charge in [-0.2, -0.15) is 0 Å². The Morgan fingerprint density at radius 1 is 1.50 bits per heavy atom. The topological polar surface area (TPSA) is 49.7 Å². The second kappa shape index (κ2) is 3.26. The van der Waals surface area contributed by atoms with Crippen molar-refractivity contribution in [2.45, 2.75) is 25.0 Å². The van der Waals surface area contributed by atoms with Gasteiger partial charge < -0.3 is 14.9 Å². The molecule has 0 amide bonds. The third-order valence-corrected chi connectivity index (χ3v) is 2.75. The third-order valence-electron chi connectivity index (χ3n) is 2.75. The molecule has 0 aliphatic carbocycles. The quantitative estimate of drug-likeness (QED) is 0.693. The highest BCUT2D eigenvalue weighted by Crippen LogP contribution is 2.32. The minimum atomic E-state index is -0.867. The summed E-state index contributed by atoms with van der Waals surface area (Å²) in [4.78, 5) is 0. The van der Waals surface area contributed by atoms with Crippen molar-refractivity contribution < 1.29 is 14.9 Å². The van der Waals surface area contributed by atoms with Crippen LogP contribution in [0.4, 0.5) is 0 Å². The number of rotatable bonds is 1. The average molecular weight is 194 g/mol. The fraction of sp³-hybridized carbons (Fsp3) is 0.455. The highest BCUT2D eigenvalue weighted by atomic mass is 16.5. The van der Waals surface area contributed by atoms with Gasteiger partial charge in [0, 0.05) is 6.42 Å². The van der Waals surface area contributed by atoms with Crippen LogP contribution in [-0.2, 0) is 6.42 Å². The number of hydrogen-bond acceptors (Lipinski definition) is 3. The summed E-state index contributed by atoms with van der Waals surface area (Å²) >= 11 is 0. The van der Waals surface area contributed by atoms with Gasteiger partial charge in [-0.25, -0.2) is 0 Å². The largest absolute Gasteiger partial charge is 0.482 e. The Balaban J connectivity index is 2.36. The van der Waals surface area contributed by atoms with E-state index in [-0.39, 0.29) is 6.61 Å². The zero-order chi connectivity index (χ0) is 10.2. The zero-order valence-electron chi connectivity index (χ0n) is 8.10. The molecule has 0 saturated carbocycles. The minimum Gasteiger partial charge on any atom is -0.482 e. The van der Waals surface area contributed by atoms with Crippen LogP contribution in [0, 0.1) is 0 Å². The van der Waals surface area contributed by atoms with Gasteiger partial charge in [0.2, 0.25) is 0 Å². The summed E-state index contributed by atoms with van der Waals surface area (Å²) in [6, 6.07) is 7.58. The van der Waals surface area contributed by atoms with Gasteiger partial charge in [-0.3, -0.25) is 0 Å². The van der Waals surface area contributed by atoms with E-state index in [1.165, 1.54) is 0 Å². The molecule has 1 aromatic carbocycles. The first kappa shape index (κ1) is 9.49. The standard InChI is InChI=1S/C11H14O3/c1-11(7-12)10(13)6-8-4-2-3-5-9(8)14-11/h2-5,10,12-13H,6-7H2,1H3. The number of para-hydroxylation sites is 1. The average Bonchev–Trinajstić information content (AvgIpc) is 2.20. The van der Waals surface area contributed by atoms with Crippen LogP contribution in [0.25, 0.3) is 0 Å². The first-order valence-electron chi connectivity index (χ1n) is 4.71. The molecule has 2 unspecified atom stereocenters. The molecule has 76 valence electrons. The van der Waals surface area contributed by atoms with E-state index in [9.17, 15) is 5.11 Å². The molecule has 2 atom stereocenters. The van der Waals surface area contributed by atoms with Gasteiger partial charge in [-0.15, -0.1) is 0 Å². The fourth-order valence-electron chi connectivity index (χ4n) is 1.65. The van der Waals surface area contributed by atoms with Crippen molar-refractivity contribution in [2.24, 2.45) is 0 Å². The molecular weight excluding hydrogens is 180 g/mol. The van der Waals surface area contributed by atoms with Crippen LogP contribution in [-0.4, -0.2) is 28.5 Å². The van der Waals surface area contributed by atoms with Crippen molar-refractivity contribution in [1.29, 1.82) is 0 Å². The van der Waals surface area contributed by atoms with Crippen molar-refractivity contribution in [1.82, 2.24) is 0 Å². The van der Waals surface area contributed by atoms with Gasteiger partial charge in [0.15, 0.2) is 5.60 Å². The zero-order valence-corrected chi connectivity index (χ0v) is 8.10. The molecule has 3 heteroatoms. The molecule has 2 N–H and O–H groups in total. The highest BCUT2D eigenvalue weighted by molar-refractivity contribution is 5.37. The monoisotopic (exact) mass is 194 g/mol. The Bertz CT molecular complexity index is 337. The summed E-state index contributed by atoms with van der Waals surface area (Å²) in [7, 11) is 0. The molecule has 1 aliphatic rings. The molecule has 0 aromatic heterocycles. The first-order chi connectivity index (χ1) is 6.65. The van der Waals surface area contributed by atoms with Crippen LogP contribution < -0.4 is 4.74 Å². The Hall–Kier alpha value is -1.06. The lowest BCUT2D eigenvalue weighted by atomic mass is 9.90. The van der Waals surface area contributed by atoms with Gasteiger partial charge in [0.1, 0.15) is 5.75 Å². The Morgan fingerprint density at radius 3 is 2.93 bits per heavy atom. The Kier molecular flexibility index (Phi) is 2.21. The van der Waals surface area contributed by atoms with Crippen LogP contribution in [0.15, 0.2) is 24.3 Å². The normalized spacial score (nSPS) is 30.6. The number of hydrogen-bond donors (Lipinski definition) is 2. The van der Waals surface area contributed by atoms with E-state index >= 15 is 0 Å². The molecule has 2 rings (SSSR count). The fourth-order valence-corrected chi connectivity index (χ4v) is 1.65. The lowest BCUT2D eigenvalue weighted by Crippen LogP contribution is -2.51. The molecule has 0 saturated heterocycles. The second-order valence-corrected chi connectivity index (χ2v) is 3.90. The predicted molar refractivity (Wildman–Crippen MR) is 52.3 cm³/mol. The third kappa shape index (κ3) is 1.38. The van der Waals surface area contributed by atoms with E-state index in [1.54, 1.807) is 6.92 Å². The van der Waals surface area contributed by atoms with Crippen LogP contribution in [0.1, 0.15) is 12.5 Å². The highest BCUT2D eigenvalue weighted by Gasteiger charge is 2.39. The van der Waals surface area contributed by atoms with E-state index < -0.39 is 11.7 Å². The number of benzene rings is 1. The molecule has 1 aromatic rings. The first-order valence-corrected chi connectivity index (χ1v) is 4.71. The molecule has 3 nitrogen and oxygen atoms in total. The lowest BCUT2D eigenvalue weighted by molar-refractivity contribution is -0.0839. The van der Waals surface area contributed by atoms with Gasteiger partial charge in [-0.05, 0) is 18.6 Å². The smallest absolute Gasteiger partial charge is 0.155 e. The number of aliphatic hydroxyl groups excluding tert-OH is 2. The molecule has 0 radical (unpaired) electrons. The summed E-state index contributed by atoms with van der Waals surface area (Å²) in [6.07, 6.45) is -0.116. The molecule has 0 bridgehead atoms. The van der Waals surface area contributed by atoms with E-state index in [0.29, 0.717) is 6.42 Å². The molecule has 0 spiro atoms. The van der Waals surface area contributed by atoms with Crippen molar-refractivity contribution in [3.05, 3.63) is 29.8 Å². The van der Waals surface area contributed by atoms with E-state index in [2.05, 4.69) is 0 Å². The lowest BCUT2D eigenvalue weighted by Gasteiger charge is -2.38. The summed E-state index contributed by atoms with van der Waals surface area (Å²) in [6.45, 7) is 1.54. The van der Waals surface area contributed by atoms with E-state index in [4.69, 9.17) is 9.84 Å². The van der Waals surface area contributed by atoms with Gasteiger partial charge >= 0.3 is 0 Å². The van der Waals surface area contributed by atoms with Crippen LogP contribution in [0.3, 0.4) is 0 Å². The maximum atomic E-state index is 9.79. The minimum absolute atomic E-state index is 0.178. The summed E-state index contributed by atoms with van der Waals surface area (Å²) < 4.78 is 5.58. The van der Waals surface area contributed by atoms with E-state index in [1.807, 2.05) is 24.3 Å². The molecule has 1 heterocycles. The number of ether oxygens (including phenoxy) is 1. The molecule has 1 aliphatic heterocycles. The predicted octanol–water partition coefficient (Wildman–Crippen LogP) is 0.733. The van der Waals surface area contributed by atoms with E-state index in [0.717, 1.165) is 11.3 Å². The van der Waals surface area contributed by atoms with Gasteiger partial charge in [-0.1, -0.05) is 18.2 Å². The number of fused-ring (bicyclic) bond motifs is 1. The molecule has 14 heavy (non-hydrogen) atoms. The van der Waals surface area contributed by atoms with Crippen LogP contribution in [0.2, 0.25) is 0 Å². The summed E-state index contributed by atoms with van der Waals surface area (Å²) in [5.41, 5.74) is 0.125. The van der Waals surface area contributed by atoms with Crippen LogP contribution >= 0.6 is 0 Å². The summed E-state index contributed by atoms with van der Waals surface area (Å²) in [5.74, 6) is 0.759. The van der Waals surface area contributed by atoms with Crippen molar-refractivity contribution in [2.75, 3.05) is 6.61 Å². The maximum Gasteiger partial charge on any atom is 0.155 e. The van der Waals surface area contributed by atoms with Crippen molar-refractivity contribution in [3.8, 4) is 5.75 Å². The number of aliphatic hydroxyl groups is 2. The van der Waals surface area contributed by atoms with Crippen LogP contribution in [0.5, 0.6) is 5.75 Å². The Morgan fingerprint density at radius 2 is 2.21 bits per heavy atom. The van der Waals surface area contributed by atoms with Crippen molar-refractivity contribution in [3.63, 3.8) is 0 Å². The Labute approximate surface area is 83.0 Å². The SMILES string of the molecule is CC1(CO)Oc2ccccc2CC1O. The van der Waals surface area contributed by atoms with Crippen molar-refractivity contribution >= 4 is 0 Å². The van der Waals surface area contributed by atoms with Gasteiger partial charge in [0.25, 0.3) is 0 Å². The maximum absolute atomic E-state index is 9.79. The molecular formula is C11H14O3. The summed E-state index contributed by atoms with van der Waals surface area (Å²) in [5, 5.41) is 19.0. The van der Waals surface area contributed by atoms with Gasteiger partial charge in [0.05, 0.1) is 12.7 Å². The second-order valence-electron chi connectivity index (χ2n) is 3.90. The molecule has 0 fully saturated rings.